The van der Waals surface area contributed by atoms with Crippen molar-refractivity contribution >= 4 is 11.7 Å². The van der Waals surface area contributed by atoms with Crippen LogP contribution in [0.5, 0.6) is 5.75 Å². The number of non-ortho nitro benzene ring substituents is 1. The number of furan rings is 1. The summed E-state index contributed by atoms with van der Waals surface area (Å²) >= 11 is 0. The quantitative estimate of drug-likeness (QED) is 0.380. The Morgan fingerprint density at radius 2 is 2.12 bits per heavy atom. The first-order valence-electron chi connectivity index (χ1n) is 7.07. The molecule has 0 bridgehead atoms. The van der Waals surface area contributed by atoms with E-state index in [1.807, 2.05) is 0 Å². The molecule has 0 atom stereocenters. The van der Waals surface area contributed by atoms with E-state index in [1.54, 1.807) is 18.2 Å². The second kappa shape index (κ2) is 6.87. The van der Waals surface area contributed by atoms with Crippen LogP contribution in [0, 0.1) is 10.1 Å². The van der Waals surface area contributed by atoms with Crippen molar-refractivity contribution in [3.63, 3.8) is 0 Å². The largest absolute Gasteiger partial charge is 0.496 e. The maximum atomic E-state index is 12.2. The van der Waals surface area contributed by atoms with E-state index in [0.29, 0.717) is 17.2 Å². The summed E-state index contributed by atoms with van der Waals surface area (Å²) in [5, 5.41) is 14.6. The molecule has 0 saturated carbocycles. The molecule has 2 heterocycles. The third kappa shape index (κ3) is 3.50. The predicted octanol–water partition coefficient (Wildman–Crippen LogP) is 3.21. The first kappa shape index (κ1) is 16.2. The lowest BCUT2D eigenvalue weighted by atomic mass is 10.2. The number of hydrogen-bond donors (Lipinski definition) is 0. The summed E-state index contributed by atoms with van der Waals surface area (Å²) in [6.45, 7) is -0.172. The Labute approximate surface area is 140 Å². The molecule has 9 nitrogen and oxygen atoms in total. The molecule has 25 heavy (non-hydrogen) atoms. The van der Waals surface area contributed by atoms with E-state index in [1.165, 1.54) is 25.5 Å². The Hall–Kier alpha value is -3.62. The topological polar surface area (TPSA) is 118 Å². The maximum Gasteiger partial charge on any atom is 0.342 e. The Morgan fingerprint density at radius 1 is 1.28 bits per heavy atom. The number of hydrogen-bond acceptors (Lipinski definition) is 8. The number of nitro benzene ring substituents is 1. The molecule has 0 fully saturated rings. The van der Waals surface area contributed by atoms with Crippen molar-refractivity contribution in [2.24, 2.45) is 0 Å². The van der Waals surface area contributed by atoms with Crippen molar-refractivity contribution in [3.05, 3.63) is 64.0 Å². The first-order valence-corrected chi connectivity index (χ1v) is 7.07. The Morgan fingerprint density at radius 3 is 2.80 bits per heavy atom. The SMILES string of the molecule is COc1ccc([N+](=O)[O-])cc1C(=O)OCc1cc(-c2ccco2)on1. The van der Waals surface area contributed by atoms with Gasteiger partial charge in [-0.1, -0.05) is 5.16 Å². The summed E-state index contributed by atoms with van der Waals surface area (Å²) < 4.78 is 20.4. The van der Waals surface area contributed by atoms with Crippen molar-refractivity contribution < 1.29 is 28.1 Å². The van der Waals surface area contributed by atoms with Gasteiger partial charge in [0.1, 0.15) is 23.6 Å². The summed E-state index contributed by atoms with van der Waals surface area (Å²) in [4.78, 5) is 22.4. The number of aromatic nitrogens is 1. The van der Waals surface area contributed by atoms with E-state index in [0.717, 1.165) is 6.07 Å². The van der Waals surface area contributed by atoms with Gasteiger partial charge in [0.05, 0.1) is 18.3 Å². The molecule has 0 saturated heterocycles. The van der Waals surface area contributed by atoms with Gasteiger partial charge in [-0.25, -0.2) is 4.79 Å². The van der Waals surface area contributed by atoms with Crippen LogP contribution >= 0.6 is 0 Å². The molecule has 2 aromatic heterocycles. The summed E-state index contributed by atoms with van der Waals surface area (Å²) in [5.41, 5.74) is 0.0740. The highest BCUT2D eigenvalue weighted by Crippen LogP contribution is 2.25. The summed E-state index contributed by atoms with van der Waals surface area (Å²) in [7, 11) is 1.35. The van der Waals surface area contributed by atoms with Gasteiger partial charge in [-0.05, 0) is 18.2 Å². The minimum Gasteiger partial charge on any atom is -0.496 e. The number of esters is 1. The number of carbonyl (C=O) groups is 1. The summed E-state index contributed by atoms with van der Waals surface area (Å²) in [5.74, 6) is 0.282. The zero-order valence-electron chi connectivity index (χ0n) is 13.0. The fraction of sp³-hybridized carbons (Fsp3) is 0.125. The number of methoxy groups -OCH3 is 1. The van der Waals surface area contributed by atoms with Gasteiger partial charge in [0.25, 0.3) is 5.69 Å². The van der Waals surface area contributed by atoms with E-state index in [-0.39, 0.29) is 23.6 Å². The molecule has 0 aliphatic carbocycles. The lowest BCUT2D eigenvalue weighted by molar-refractivity contribution is -0.384. The summed E-state index contributed by atoms with van der Waals surface area (Å²) in [6, 6.07) is 8.63. The smallest absolute Gasteiger partial charge is 0.342 e. The predicted molar refractivity (Wildman–Crippen MR) is 83.0 cm³/mol. The normalized spacial score (nSPS) is 10.4. The van der Waals surface area contributed by atoms with Crippen LogP contribution in [0.3, 0.4) is 0 Å². The van der Waals surface area contributed by atoms with Crippen LogP contribution < -0.4 is 4.74 Å². The molecular formula is C16H12N2O7. The second-order valence-electron chi connectivity index (χ2n) is 4.88. The first-order chi connectivity index (χ1) is 12.1. The third-order valence-corrected chi connectivity index (χ3v) is 3.29. The highest BCUT2D eigenvalue weighted by atomic mass is 16.6. The van der Waals surface area contributed by atoms with Gasteiger partial charge in [0.2, 0.25) is 5.76 Å². The molecule has 128 valence electrons. The molecule has 3 aromatic rings. The van der Waals surface area contributed by atoms with Crippen LogP contribution in [-0.4, -0.2) is 23.2 Å². The fourth-order valence-corrected chi connectivity index (χ4v) is 2.10. The lowest BCUT2D eigenvalue weighted by Crippen LogP contribution is -2.08. The van der Waals surface area contributed by atoms with Gasteiger partial charge in [-0.15, -0.1) is 0 Å². The Balaban J connectivity index is 1.72. The fourth-order valence-electron chi connectivity index (χ4n) is 2.10. The number of nitro groups is 1. The highest BCUT2D eigenvalue weighted by Gasteiger charge is 2.19. The number of nitrogens with zero attached hydrogens (tertiary/aromatic N) is 2. The van der Waals surface area contributed by atoms with Gasteiger partial charge in [-0.3, -0.25) is 10.1 Å². The molecule has 0 radical (unpaired) electrons. The van der Waals surface area contributed by atoms with Crippen LogP contribution in [0.25, 0.3) is 11.5 Å². The minimum atomic E-state index is -0.775. The molecule has 0 unspecified atom stereocenters. The van der Waals surface area contributed by atoms with Crippen molar-refractivity contribution in [1.29, 1.82) is 0 Å². The zero-order chi connectivity index (χ0) is 17.8. The van der Waals surface area contributed by atoms with Crippen LogP contribution in [0.1, 0.15) is 16.1 Å². The van der Waals surface area contributed by atoms with Crippen LogP contribution in [0.15, 0.2) is 51.6 Å². The second-order valence-corrected chi connectivity index (χ2v) is 4.88. The van der Waals surface area contributed by atoms with Crippen molar-refractivity contribution in [2.45, 2.75) is 6.61 Å². The van der Waals surface area contributed by atoms with E-state index < -0.39 is 10.9 Å². The lowest BCUT2D eigenvalue weighted by Gasteiger charge is -2.07. The molecule has 3 rings (SSSR count). The van der Waals surface area contributed by atoms with Gasteiger partial charge in [0.15, 0.2) is 5.76 Å². The molecule has 1 aromatic carbocycles. The molecule has 0 spiro atoms. The van der Waals surface area contributed by atoms with E-state index in [4.69, 9.17) is 18.4 Å². The molecule has 0 aliphatic rings. The summed E-state index contributed by atoms with van der Waals surface area (Å²) in [6.07, 6.45) is 1.49. The van der Waals surface area contributed by atoms with E-state index in [2.05, 4.69) is 5.16 Å². The number of rotatable bonds is 6. The van der Waals surface area contributed by atoms with Crippen molar-refractivity contribution in [2.75, 3.05) is 7.11 Å². The number of benzene rings is 1. The minimum absolute atomic E-state index is 0.0496. The monoisotopic (exact) mass is 344 g/mol. The van der Waals surface area contributed by atoms with E-state index in [9.17, 15) is 14.9 Å². The molecule has 0 N–H and O–H groups in total. The van der Waals surface area contributed by atoms with E-state index >= 15 is 0 Å². The third-order valence-electron chi connectivity index (χ3n) is 3.29. The van der Waals surface area contributed by atoms with Gasteiger partial charge < -0.3 is 18.4 Å². The molecule has 9 heteroatoms. The van der Waals surface area contributed by atoms with Gasteiger partial charge >= 0.3 is 5.97 Å². The maximum absolute atomic E-state index is 12.2. The van der Waals surface area contributed by atoms with Gasteiger partial charge in [0, 0.05) is 18.2 Å². The van der Waals surface area contributed by atoms with Crippen molar-refractivity contribution in [3.8, 4) is 17.3 Å². The molecular weight excluding hydrogens is 332 g/mol. The zero-order valence-corrected chi connectivity index (χ0v) is 13.0. The Bertz CT molecular complexity index is 899. The van der Waals surface area contributed by atoms with Crippen LogP contribution in [0.2, 0.25) is 0 Å². The molecule has 0 aliphatic heterocycles. The highest BCUT2D eigenvalue weighted by molar-refractivity contribution is 5.93. The molecule has 0 amide bonds. The average Bonchev–Trinajstić information content (AvgIpc) is 3.30. The standard InChI is InChI=1S/C16H12N2O7/c1-22-13-5-4-11(18(20)21)8-12(13)16(19)24-9-10-7-15(25-17-10)14-3-2-6-23-14/h2-8H,9H2,1H3. The van der Waals surface area contributed by atoms with Gasteiger partial charge in [-0.2, -0.15) is 0 Å². The number of ether oxygens (including phenoxy) is 2. The van der Waals surface area contributed by atoms with Crippen LogP contribution in [-0.2, 0) is 11.3 Å². The van der Waals surface area contributed by atoms with Crippen LogP contribution in [0.4, 0.5) is 5.69 Å². The Kier molecular flexibility index (Phi) is 4.46. The average molecular weight is 344 g/mol. The number of carbonyl (C=O) groups excluding carboxylic acids is 1. The van der Waals surface area contributed by atoms with Crippen molar-refractivity contribution in [1.82, 2.24) is 5.16 Å².